The van der Waals surface area contributed by atoms with Gasteiger partial charge in [-0.2, -0.15) is 0 Å². The third-order valence-electron chi connectivity index (χ3n) is 3.31. The van der Waals surface area contributed by atoms with E-state index in [-0.39, 0.29) is 12.5 Å². The fourth-order valence-electron chi connectivity index (χ4n) is 2.05. The summed E-state index contributed by atoms with van der Waals surface area (Å²) in [6.07, 6.45) is 0. The van der Waals surface area contributed by atoms with Crippen molar-refractivity contribution in [3.63, 3.8) is 0 Å². The molecule has 0 radical (unpaired) electrons. The summed E-state index contributed by atoms with van der Waals surface area (Å²) in [5, 5.41) is 2.44. The van der Waals surface area contributed by atoms with Crippen LogP contribution in [0.3, 0.4) is 0 Å². The van der Waals surface area contributed by atoms with E-state index in [9.17, 15) is 14.4 Å². The number of carbonyl (C=O) groups excluding carboxylic acids is 3. The van der Waals surface area contributed by atoms with Gasteiger partial charge in [-0.25, -0.2) is 0 Å². The van der Waals surface area contributed by atoms with Crippen LogP contribution in [0.15, 0.2) is 29.2 Å². The molecule has 0 saturated heterocycles. The van der Waals surface area contributed by atoms with Gasteiger partial charge in [-0.15, -0.1) is 0 Å². The molecule has 1 heterocycles. The molecule has 1 unspecified atom stereocenters. The highest BCUT2D eigenvalue weighted by atomic mass is 32.2. The number of methoxy groups -OCH3 is 1. The molecular formula is C14H16N2O4S. The van der Waals surface area contributed by atoms with Gasteiger partial charge in [0.1, 0.15) is 6.54 Å². The number of amides is 2. The lowest BCUT2D eigenvalue weighted by Crippen LogP contribution is -2.56. The summed E-state index contributed by atoms with van der Waals surface area (Å²) in [6, 6.07) is 7.37. The zero-order valence-corrected chi connectivity index (χ0v) is 12.8. The molecule has 1 aliphatic rings. The van der Waals surface area contributed by atoms with Crippen LogP contribution in [0, 0.1) is 0 Å². The Morgan fingerprint density at radius 1 is 1.38 bits per heavy atom. The van der Waals surface area contributed by atoms with Crippen LogP contribution in [0.25, 0.3) is 0 Å². The van der Waals surface area contributed by atoms with Crippen molar-refractivity contribution in [2.45, 2.75) is 16.6 Å². The quantitative estimate of drug-likeness (QED) is 0.660. The van der Waals surface area contributed by atoms with Crippen molar-refractivity contribution in [2.24, 2.45) is 0 Å². The standard InChI is InChI=1S/C14H16N2O4S/c1-14(12(18)15-8-11(17)20-3)13(19)16(2)9-6-4-5-7-10(9)21-14/h4-7H,8H2,1-3H3,(H,15,18). The van der Waals surface area contributed by atoms with Crippen molar-refractivity contribution >= 4 is 35.2 Å². The van der Waals surface area contributed by atoms with Gasteiger partial charge in [-0.1, -0.05) is 23.9 Å². The highest BCUT2D eigenvalue weighted by molar-refractivity contribution is 8.02. The molecule has 0 aliphatic carbocycles. The number of ether oxygens (including phenoxy) is 1. The highest BCUT2D eigenvalue weighted by Gasteiger charge is 2.48. The number of hydrogen-bond donors (Lipinski definition) is 1. The van der Waals surface area contributed by atoms with E-state index < -0.39 is 16.6 Å². The molecule has 0 spiro atoms. The molecule has 2 amide bonds. The second-order valence-corrected chi connectivity index (χ2v) is 6.19. The molecule has 21 heavy (non-hydrogen) atoms. The number of para-hydroxylation sites is 1. The average Bonchev–Trinajstić information content (AvgIpc) is 2.50. The number of thioether (sulfide) groups is 1. The van der Waals surface area contributed by atoms with Gasteiger partial charge in [0.2, 0.25) is 5.91 Å². The summed E-state index contributed by atoms with van der Waals surface area (Å²) in [4.78, 5) is 38.2. The Hall–Kier alpha value is -2.02. The van der Waals surface area contributed by atoms with E-state index in [0.29, 0.717) is 0 Å². The van der Waals surface area contributed by atoms with Crippen molar-refractivity contribution in [3.8, 4) is 0 Å². The zero-order valence-electron chi connectivity index (χ0n) is 12.0. The van der Waals surface area contributed by atoms with E-state index in [2.05, 4.69) is 10.1 Å². The molecule has 1 atom stereocenters. The smallest absolute Gasteiger partial charge is 0.325 e. The van der Waals surface area contributed by atoms with Gasteiger partial charge in [0.05, 0.1) is 12.8 Å². The molecule has 1 aromatic rings. The molecule has 0 saturated carbocycles. The Morgan fingerprint density at radius 2 is 2.05 bits per heavy atom. The first kappa shape index (κ1) is 15.4. The third kappa shape index (κ3) is 2.73. The Kier molecular flexibility index (Phi) is 4.22. The first-order chi connectivity index (χ1) is 9.90. The Labute approximate surface area is 126 Å². The Balaban J connectivity index is 2.24. The molecule has 1 aromatic carbocycles. The van der Waals surface area contributed by atoms with Crippen LogP contribution in [0.1, 0.15) is 6.92 Å². The number of nitrogens with zero attached hydrogens (tertiary/aromatic N) is 1. The SMILES string of the molecule is COC(=O)CNC(=O)C1(C)Sc2ccccc2N(C)C1=O. The Morgan fingerprint density at radius 3 is 2.71 bits per heavy atom. The van der Waals surface area contributed by atoms with Gasteiger partial charge in [-0.3, -0.25) is 14.4 Å². The van der Waals surface area contributed by atoms with Crippen LogP contribution in [0.5, 0.6) is 0 Å². The maximum Gasteiger partial charge on any atom is 0.325 e. The van der Waals surface area contributed by atoms with Crippen LogP contribution < -0.4 is 10.2 Å². The van der Waals surface area contributed by atoms with E-state index in [0.717, 1.165) is 10.6 Å². The first-order valence-electron chi connectivity index (χ1n) is 6.31. The summed E-state index contributed by atoms with van der Waals surface area (Å²) in [7, 11) is 2.87. The van der Waals surface area contributed by atoms with Gasteiger partial charge in [0, 0.05) is 11.9 Å². The minimum atomic E-state index is -1.31. The van der Waals surface area contributed by atoms with Gasteiger partial charge in [-0.05, 0) is 19.1 Å². The Bertz CT molecular complexity index is 604. The molecular weight excluding hydrogens is 292 g/mol. The number of anilines is 1. The number of rotatable bonds is 3. The number of carbonyl (C=O) groups is 3. The molecule has 112 valence electrons. The predicted molar refractivity (Wildman–Crippen MR) is 79.1 cm³/mol. The van der Waals surface area contributed by atoms with Gasteiger partial charge in [0.25, 0.3) is 5.91 Å². The number of benzene rings is 1. The second kappa shape index (κ2) is 5.77. The van der Waals surface area contributed by atoms with Crippen LogP contribution in [0.2, 0.25) is 0 Å². The predicted octanol–water partition coefficient (Wildman–Crippen LogP) is 0.803. The minimum absolute atomic E-state index is 0.260. The third-order valence-corrected chi connectivity index (χ3v) is 4.64. The summed E-state index contributed by atoms with van der Waals surface area (Å²) >= 11 is 1.18. The zero-order chi connectivity index (χ0) is 15.6. The topological polar surface area (TPSA) is 75.7 Å². The molecule has 0 bridgehead atoms. The maximum atomic E-state index is 12.5. The molecule has 1 N–H and O–H groups in total. The number of esters is 1. The van der Waals surface area contributed by atoms with Crippen molar-refractivity contribution in [1.82, 2.24) is 5.32 Å². The average molecular weight is 308 g/mol. The summed E-state index contributed by atoms with van der Waals surface area (Å²) in [5.74, 6) is -1.40. The number of fused-ring (bicyclic) bond motifs is 1. The van der Waals surface area contributed by atoms with Gasteiger partial charge >= 0.3 is 5.97 Å². The molecule has 7 heteroatoms. The molecule has 2 rings (SSSR count). The van der Waals surface area contributed by atoms with E-state index in [4.69, 9.17) is 0 Å². The monoisotopic (exact) mass is 308 g/mol. The van der Waals surface area contributed by atoms with E-state index in [1.807, 2.05) is 24.3 Å². The highest BCUT2D eigenvalue weighted by Crippen LogP contribution is 2.44. The van der Waals surface area contributed by atoms with E-state index in [1.165, 1.54) is 23.8 Å². The summed E-state index contributed by atoms with van der Waals surface area (Å²) in [6.45, 7) is 1.29. The van der Waals surface area contributed by atoms with E-state index >= 15 is 0 Å². The van der Waals surface area contributed by atoms with Crippen LogP contribution >= 0.6 is 11.8 Å². The fourth-order valence-corrected chi connectivity index (χ4v) is 3.34. The molecule has 6 nitrogen and oxygen atoms in total. The normalized spacial score (nSPS) is 20.7. The first-order valence-corrected chi connectivity index (χ1v) is 7.13. The van der Waals surface area contributed by atoms with Crippen LogP contribution in [0.4, 0.5) is 5.69 Å². The second-order valence-electron chi connectivity index (χ2n) is 4.73. The molecule has 1 aliphatic heterocycles. The lowest BCUT2D eigenvalue weighted by molar-refractivity contribution is -0.142. The van der Waals surface area contributed by atoms with Crippen molar-refractivity contribution < 1.29 is 19.1 Å². The van der Waals surface area contributed by atoms with Crippen molar-refractivity contribution in [2.75, 3.05) is 25.6 Å². The minimum Gasteiger partial charge on any atom is -0.468 e. The lowest BCUT2D eigenvalue weighted by Gasteiger charge is -2.36. The summed E-state index contributed by atoms with van der Waals surface area (Å²) in [5.41, 5.74) is 0.769. The molecule has 0 fully saturated rings. The lowest BCUT2D eigenvalue weighted by atomic mass is 10.1. The van der Waals surface area contributed by atoms with Crippen LogP contribution in [-0.4, -0.2) is 43.2 Å². The number of hydrogen-bond acceptors (Lipinski definition) is 5. The van der Waals surface area contributed by atoms with Crippen LogP contribution in [-0.2, 0) is 19.1 Å². The van der Waals surface area contributed by atoms with Crippen molar-refractivity contribution in [1.29, 1.82) is 0 Å². The fraction of sp³-hybridized carbons (Fsp3) is 0.357. The van der Waals surface area contributed by atoms with Crippen molar-refractivity contribution in [3.05, 3.63) is 24.3 Å². The van der Waals surface area contributed by atoms with Gasteiger partial charge < -0.3 is 15.0 Å². The van der Waals surface area contributed by atoms with E-state index in [1.54, 1.807) is 14.0 Å². The molecule has 0 aromatic heterocycles. The maximum absolute atomic E-state index is 12.5. The number of nitrogens with one attached hydrogen (secondary N) is 1. The summed E-state index contributed by atoms with van der Waals surface area (Å²) < 4.78 is 3.16. The van der Waals surface area contributed by atoms with Gasteiger partial charge in [0.15, 0.2) is 4.75 Å². The largest absolute Gasteiger partial charge is 0.468 e.